The number of carbonyl (C=O) groups is 2. The Balaban J connectivity index is 1.13. The highest BCUT2D eigenvalue weighted by Crippen LogP contribution is 2.26. The third kappa shape index (κ3) is 6.00. The van der Waals surface area contributed by atoms with Gasteiger partial charge < -0.3 is 18.9 Å². The van der Waals surface area contributed by atoms with Gasteiger partial charge in [-0.15, -0.1) is 0 Å². The van der Waals surface area contributed by atoms with Crippen molar-refractivity contribution in [3.8, 4) is 5.75 Å². The van der Waals surface area contributed by atoms with Crippen molar-refractivity contribution < 1.29 is 23.2 Å². The standard InChI is InChI=1S/C28H24BrN3O5/c1-17(18-5-8-21(9-6-18)30-27(33)24-13-14-26(29)37-24)31-32-28(34)25-12-11-23(36-25)16-35-22-10-7-19-3-2-4-20(19)15-22/h5-15H,2-4,16H2,1H3,(H,30,33)(H,32,34). The predicted octanol–water partition coefficient (Wildman–Crippen LogP) is 6.11. The summed E-state index contributed by atoms with van der Waals surface area (Å²) in [6.07, 6.45) is 3.40. The van der Waals surface area contributed by atoms with Crippen LogP contribution in [0.4, 0.5) is 5.69 Å². The number of fused-ring (bicyclic) bond motifs is 1. The lowest BCUT2D eigenvalue weighted by molar-refractivity contribution is 0.0922. The van der Waals surface area contributed by atoms with Crippen LogP contribution in [-0.2, 0) is 19.4 Å². The summed E-state index contributed by atoms with van der Waals surface area (Å²) in [4.78, 5) is 24.7. The molecule has 5 rings (SSSR count). The van der Waals surface area contributed by atoms with Crippen LogP contribution in [0, 0.1) is 0 Å². The maximum atomic E-state index is 12.5. The van der Waals surface area contributed by atoms with Crippen molar-refractivity contribution in [3.63, 3.8) is 0 Å². The first-order valence-corrected chi connectivity index (χ1v) is 12.6. The van der Waals surface area contributed by atoms with Crippen molar-refractivity contribution in [3.05, 3.63) is 105 Å². The minimum Gasteiger partial charge on any atom is -0.486 e. The summed E-state index contributed by atoms with van der Waals surface area (Å²) in [5.74, 6) is 0.871. The Bertz CT molecular complexity index is 1470. The molecule has 37 heavy (non-hydrogen) atoms. The van der Waals surface area contributed by atoms with E-state index in [9.17, 15) is 9.59 Å². The topological polar surface area (TPSA) is 106 Å². The smallest absolute Gasteiger partial charge is 0.307 e. The highest BCUT2D eigenvalue weighted by Gasteiger charge is 2.14. The van der Waals surface area contributed by atoms with Gasteiger partial charge in [-0.1, -0.05) is 18.2 Å². The number of halogens is 1. The molecule has 2 amide bonds. The van der Waals surface area contributed by atoms with Gasteiger partial charge in [0.05, 0.1) is 5.71 Å². The van der Waals surface area contributed by atoms with Crippen molar-refractivity contribution >= 4 is 39.1 Å². The van der Waals surface area contributed by atoms with Crippen LogP contribution in [0.3, 0.4) is 0 Å². The van der Waals surface area contributed by atoms with Crippen molar-refractivity contribution in [2.45, 2.75) is 32.8 Å². The van der Waals surface area contributed by atoms with Crippen molar-refractivity contribution in [2.75, 3.05) is 5.32 Å². The minimum absolute atomic E-state index is 0.145. The number of hydrogen-bond donors (Lipinski definition) is 2. The Morgan fingerprint density at radius 3 is 2.46 bits per heavy atom. The molecule has 2 heterocycles. The minimum atomic E-state index is -0.461. The first-order chi connectivity index (χ1) is 17.9. The van der Waals surface area contributed by atoms with Crippen LogP contribution in [0.1, 0.15) is 56.9 Å². The Hall–Kier alpha value is -4.11. The van der Waals surface area contributed by atoms with Gasteiger partial charge >= 0.3 is 5.91 Å². The van der Waals surface area contributed by atoms with E-state index in [1.165, 1.54) is 17.5 Å². The van der Waals surface area contributed by atoms with Crippen molar-refractivity contribution in [2.24, 2.45) is 5.10 Å². The van der Waals surface area contributed by atoms with E-state index in [2.05, 4.69) is 43.9 Å². The summed E-state index contributed by atoms with van der Waals surface area (Å²) >= 11 is 3.17. The number of carbonyl (C=O) groups excluding carboxylic acids is 2. The number of hydrazone groups is 1. The van der Waals surface area contributed by atoms with Gasteiger partial charge in [-0.25, -0.2) is 5.43 Å². The lowest BCUT2D eigenvalue weighted by Gasteiger charge is -2.07. The van der Waals surface area contributed by atoms with E-state index in [-0.39, 0.29) is 24.0 Å². The second-order valence-corrected chi connectivity index (χ2v) is 9.39. The van der Waals surface area contributed by atoms with Crippen LogP contribution >= 0.6 is 15.9 Å². The second-order valence-electron chi connectivity index (χ2n) is 8.61. The third-order valence-corrected chi connectivity index (χ3v) is 6.45. The number of amides is 2. The van der Waals surface area contributed by atoms with E-state index in [1.54, 1.807) is 55.5 Å². The molecule has 0 fully saturated rings. The molecular formula is C28H24BrN3O5. The fraction of sp³-hybridized carbons (Fsp3) is 0.179. The van der Waals surface area contributed by atoms with E-state index >= 15 is 0 Å². The monoisotopic (exact) mass is 561 g/mol. The quantitative estimate of drug-likeness (QED) is 0.199. The third-order valence-electron chi connectivity index (χ3n) is 6.02. The molecular weight excluding hydrogens is 538 g/mol. The van der Waals surface area contributed by atoms with Gasteiger partial charge in [0, 0.05) is 5.69 Å². The van der Waals surface area contributed by atoms with Crippen molar-refractivity contribution in [1.82, 2.24) is 5.43 Å². The highest BCUT2D eigenvalue weighted by molar-refractivity contribution is 9.10. The molecule has 0 atom stereocenters. The van der Waals surface area contributed by atoms with Gasteiger partial charge in [-0.3, -0.25) is 9.59 Å². The molecule has 4 aromatic rings. The molecule has 1 aliphatic carbocycles. The zero-order valence-electron chi connectivity index (χ0n) is 20.0. The Morgan fingerprint density at radius 1 is 0.919 bits per heavy atom. The molecule has 2 N–H and O–H groups in total. The van der Waals surface area contributed by atoms with E-state index in [0.29, 0.717) is 21.8 Å². The van der Waals surface area contributed by atoms with E-state index in [1.807, 2.05) is 6.07 Å². The molecule has 188 valence electrons. The van der Waals surface area contributed by atoms with Crippen LogP contribution in [0.15, 0.2) is 85.3 Å². The van der Waals surface area contributed by atoms with Crippen molar-refractivity contribution in [1.29, 1.82) is 0 Å². The van der Waals surface area contributed by atoms with E-state index in [4.69, 9.17) is 13.6 Å². The van der Waals surface area contributed by atoms with Crippen LogP contribution in [0.5, 0.6) is 5.75 Å². The van der Waals surface area contributed by atoms with Gasteiger partial charge in [0.25, 0.3) is 5.91 Å². The molecule has 1 aliphatic rings. The Morgan fingerprint density at radius 2 is 1.68 bits per heavy atom. The summed E-state index contributed by atoms with van der Waals surface area (Å²) in [5.41, 5.74) is 7.21. The molecule has 8 nitrogen and oxygen atoms in total. The van der Waals surface area contributed by atoms with Crippen LogP contribution < -0.4 is 15.5 Å². The summed E-state index contributed by atoms with van der Waals surface area (Å²) in [5, 5.41) is 6.92. The molecule has 0 spiro atoms. The zero-order chi connectivity index (χ0) is 25.8. The average molecular weight is 562 g/mol. The molecule has 0 saturated carbocycles. The molecule has 0 aliphatic heterocycles. The number of benzene rings is 2. The zero-order valence-corrected chi connectivity index (χ0v) is 21.6. The summed E-state index contributed by atoms with van der Waals surface area (Å²) < 4.78 is 17.2. The molecule has 0 bridgehead atoms. The molecule has 0 radical (unpaired) electrons. The number of anilines is 1. The number of nitrogens with zero attached hydrogens (tertiary/aromatic N) is 1. The van der Waals surface area contributed by atoms with Crippen LogP contribution in [0.25, 0.3) is 0 Å². The number of aryl methyl sites for hydroxylation is 2. The fourth-order valence-corrected chi connectivity index (χ4v) is 4.35. The molecule has 0 unspecified atom stereocenters. The summed E-state index contributed by atoms with van der Waals surface area (Å²) in [6.45, 7) is 2.00. The number of nitrogens with one attached hydrogen (secondary N) is 2. The van der Waals surface area contributed by atoms with Gasteiger partial charge in [-0.05, 0) is 107 Å². The second kappa shape index (κ2) is 10.9. The van der Waals surface area contributed by atoms with Crippen LogP contribution in [0.2, 0.25) is 0 Å². The van der Waals surface area contributed by atoms with E-state index < -0.39 is 5.91 Å². The Labute approximate surface area is 221 Å². The molecule has 2 aromatic carbocycles. The maximum absolute atomic E-state index is 12.5. The van der Waals surface area contributed by atoms with Gasteiger partial charge in [0.2, 0.25) is 0 Å². The van der Waals surface area contributed by atoms with Gasteiger partial charge in [-0.2, -0.15) is 5.10 Å². The molecule has 2 aromatic heterocycles. The predicted molar refractivity (Wildman–Crippen MR) is 142 cm³/mol. The number of furan rings is 2. The normalized spacial score (nSPS) is 12.8. The largest absolute Gasteiger partial charge is 0.486 e. The maximum Gasteiger partial charge on any atom is 0.307 e. The average Bonchev–Trinajstić information content (AvgIpc) is 3.67. The van der Waals surface area contributed by atoms with E-state index in [0.717, 1.165) is 24.2 Å². The fourth-order valence-electron chi connectivity index (χ4n) is 4.05. The lowest BCUT2D eigenvalue weighted by Crippen LogP contribution is -2.18. The highest BCUT2D eigenvalue weighted by atomic mass is 79.9. The first kappa shape index (κ1) is 24.6. The Kier molecular flexibility index (Phi) is 7.23. The SMILES string of the molecule is CC(=NNC(=O)c1ccc(COc2ccc3c(c2)CCC3)o1)c1ccc(NC(=O)c2ccc(Br)o2)cc1. The first-order valence-electron chi connectivity index (χ1n) is 11.8. The van der Waals surface area contributed by atoms with Crippen LogP contribution in [-0.4, -0.2) is 17.5 Å². The van der Waals surface area contributed by atoms with Gasteiger partial charge in [0.1, 0.15) is 18.1 Å². The number of hydrogen-bond acceptors (Lipinski definition) is 6. The molecule has 9 heteroatoms. The summed E-state index contributed by atoms with van der Waals surface area (Å²) in [6, 6.07) is 19.8. The summed E-state index contributed by atoms with van der Waals surface area (Å²) in [7, 11) is 0. The van der Waals surface area contributed by atoms with Gasteiger partial charge in [0.15, 0.2) is 16.2 Å². The number of rotatable bonds is 8. The lowest BCUT2D eigenvalue weighted by atomic mass is 10.1. The number of ether oxygens (including phenoxy) is 1. The molecule has 0 saturated heterocycles.